The van der Waals surface area contributed by atoms with E-state index in [1.54, 1.807) is 23.1 Å². The minimum atomic E-state index is -1.15. The third-order valence-electron chi connectivity index (χ3n) is 8.38. The molecule has 4 N–H and O–H groups in total. The number of methoxy groups -OCH3 is 1. The van der Waals surface area contributed by atoms with Crippen LogP contribution in [0.4, 0.5) is 0 Å². The maximum atomic E-state index is 13.9. The van der Waals surface area contributed by atoms with Crippen LogP contribution in [0.1, 0.15) is 61.6 Å². The quantitative estimate of drug-likeness (QED) is 0.232. The summed E-state index contributed by atoms with van der Waals surface area (Å²) in [6.45, 7) is 1.99. The third-order valence-corrected chi connectivity index (χ3v) is 9.18. The van der Waals surface area contributed by atoms with Gasteiger partial charge in [-0.2, -0.15) is 0 Å². The SMILES string of the molecule is COc1cc(CO)cc(I)c1OC1C=C(C(=O)NCCO)CC(N(Cc2ccc(C)cc2)C(=O)CCC2CCCC2)C1O. The van der Waals surface area contributed by atoms with E-state index in [4.69, 9.17) is 9.47 Å². The summed E-state index contributed by atoms with van der Waals surface area (Å²) in [6.07, 6.45) is 5.46. The van der Waals surface area contributed by atoms with Crippen LogP contribution in [-0.2, 0) is 22.7 Å². The Hall–Kier alpha value is -2.67. The summed E-state index contributed by atoms with van der Waals surface area (Å²) < 4.78 is 12.6. The summed E-state index contributed by atoms with van der Waals surface area (Å²) in [7, 11) is 1.50. The number of hydrogen-bond acceptors (Lipinski definition) is 7. The van der Waals surface area contributed by atoms with Crippen molar-refractivity contribution in [3.8, 4) is 11.5 Å². The van der Waals surface area contributed by atoms with Crippen LogP contribution in [0.5, 0.6) is 11.5 Å². The van der Waals surface area contributed by atoms with Crippen molar-refractivity contribution in [3.05, 3.63) is 68.3 Å². The summed E-state index contributed by atoms with van der Waals surface area (Å²) in [5, 5.41) is 33.5. The Labute approximate surface area is 267 Å². The topological polar surface area (TPSA) is 129 Å². The summed E-state index contributed by atoms with van der Waals surface area (Å²) in [5.41, 5.74) is 3.05. The molecule has 2 amide bonds. The van der Waals surface area contributed by atoms with Crippen molar-refractivity contribution in [1.29, 1.82) is 0 Å². The third kappa shape index (κ3) is 8.71. The van der Waals surface area contributed by atoms with E-state index in [0.29, 0.717) is 38.5 Å². The molecular weight excluding hydrogens is 663 g/mol. The zero-order valence-corrected chi connectivity index (χ0v) is 27.1. The highest BCUT2D eigenvalue weighted by atomic mass is 127. The van der Waals surface area contributed by atoms with Gasteiger partial charge in [0.05, 0.1) is 29.9 Å². The zero-order chi connectivity index (χ0) is 30.9. The molecule has 1 saturated carbocycles. The van der Waals surface area contributed by atoms with Gasteiger partial charge in [0.25, 0.3) is 0 Å². The van der Waals surface area contributed by atoms with E-state index in [1.165, 1.54) is 20.0 Å². The summed E-state index contributed by atoms with van der Waals surface area (Å²) in [4.78, 5) is 28.8. The number of carbonyl (C=O) groups excluding carboxylic acids is 2. The van der Waals surface area contributed by atoms with E-state index >= 15 is 0 Å². The number of nitrogens with zero attached hydrogens (tertiary/aromatic N) is 1. The molecule has 10 heteroatoms. The van der Waals surface area contributed by atoms with Crippen LogP contribution >= 0.6 is 22.6 Å². The van der Waals surface area contributed by atoms with Crippen molar-refractivity contribution in [1.82, 2.24) is 10.2 Å². The molecule has 4 rings (SSSR count). The number of ether oxygens (including phenoxy) is 2. The first-order valence-electron chi connectivity index (χ1n) is 15.0. The fourth-order valence-corrected chi connectivity index (χ4v) is 6.74. The predicted octanol–water partition coefficient (Wildman–Crippen LogP) is 4.02. The van der Waals surface area contributed by atoms with Crippen LogP contribution in [0.3, 0.4) is 0 Å². The lowest BCUT2D eigenvalue weighted by Gasteiger charge is -2.41. The second kappa shape index (κ2) is 15.9. The van der Waals surface area contributed by atoms with Crippen LogP contribution in [-0.4, -0.2) is 70.5 Å². The number of amides is 2. The monoisotopic (exact) mass is 706 g/mol. The first-order chi connectivity index (χ1) is 20.7. The lowest BCUT2D eigenvalue weighted by molar-refractivity contribution is -0.139. The molecule has 0 radical (unpaired) electrons. The van der Waals surface area contributed by atoms with Crippen molar-refractivity contribution in [3.63, 3.8) is 0 Å². The molecule has 2 aromatic rings. The van der Waals surface area contributed by atoms with Crippen molar-refractivity contribution < 1.29 is 34.4 Å². The number of rotatable bonds is 13. The molecule has 3 unspecified atom stereocenters. The largest absolute Gasteiger partial charge is 0.493 e. The molecule has 43 heavy (non-hydrogen) atoms. The number of nitrogens with one attached hydrogen (secondary N) is 1. The molecule has 234 valence electrons. The number of aliphatic hydroxyl groups is 3. The molecule has 3 atom stereocenters. The lowest BCUT2D eigenvalue weighted by Crippen LogP contribution is -2.54. The molecule has 0 spiro atoms. The highest BCUT2D eigenvalue weighted by Gasteiger charge is 2.41. The number of carbonyl (C=O) groups is 2. The normalized spacial score (nSPS) is 20.4. The maximum absolute atomic E-state index is 13.9. The van der Waals surface area contributed by atoms with Crippen molar-refractivity contribution in [2.75, 3.05) is 20.3 Å². The summed E-state index contributed by atoms with van der Waals surface area (Å²) in [6, 6.07) is 10.7. The van der Waals surface area contributed by atoms with Gasteiger partial charge < -0.3 is 35.0 Å². The van der Waals surface area contributed by atoms with Gasteiger partial charge >= 0.3 is 0 Å². The molecule has 0 heterocycles. The Kier molecular flexibility index (Phi) is 12.3. The van der Waals surface area contributed by atoms with Crippen LogP contribution in [0.15, 0.2) is 48.0 Å². The van der Waals surface area contributed by atoms with Gasteiger partial charge in [-0.1, -0.05) is 55.5 Å². The predicted molar refractivity (Wildman–Crippen MR) is 172 cm³/mol. The molecule has 0 bridgehead atoms. The number of halogens is 1. The smallest absolute Gasteiger partial charge is 0.247 e. The first-order valence-corrected chi connectivity index (χ1v) is 16.1. The van der Waals surface area contributed by atoms with Crippen molar-refractivity contribution in [2.45, 2.75) is 83.3 Å². The van der Waals surface area contributed by atoms with Gasteiger partial charge in [0.1, 0.15) is 12.2 Å². The van der Waals surface area contributed by atoms with Crippen molar-refractivity contribution >= 4 is 34.4 Å². The Morgan fingerprint density at radius 3 is 2.47 bits per heavy atom. The first kappa shape index (κ1) is 33.2. The van der Waals surface area contributed by atoms with E-state index in [2.05, 4.69) is 27.9 Å². The highest BCUT2D eigenvalue weighted by molar-refractivity contribution is 14.1. The minimum Gasteiger partial charge on any atom is -0.493 e. The van der Waals surface area contributed by atoms with Gasteiger partial charge in [-0.25, -0.2) is 0 Å². The Morgan fingerprint density at radius 1 is 1.09 bits per heavy atom. The minimum absolute atomic E-state index is 0.0632. The molecule has 2 aromatic carbocycles. The summed E-state index contributed by atoms with van der Waals surface area (Å²) in [5.74, 6) is 0.842. The van der Waals surface area contributed by atoms with Crippen LogP contribution < -0.4 is 14.8 Å². The van der Waals surface area contributed by atoms with E-state index in [1.807, 2.05) is 31.2 Å². The van der Waals surface area contributed by atoms with E-state index in [9.17, 15) is 24.9 Å². The number of aliphatic hydroxyl groups excluding tert-OH is 3. The average Bonchev–Trinajstić information content (AvgIpc) is 3.54. The molecule has 0 aliphatic heterocycles. The number of hydrogen-bond donors (Lipinski definition) is 4. The molecule has 2 aliphatic carbocycles. The Bertz CT molecular complexity index is 1280. The molecule has 0 saturated heterocycles. The van der Waals surface area contributed by atoms with Gasteiger partial charge in [0.2, 0.25) is 11.8 Å². The van der Waals surface area contributed by atoms with E-state index in [-0.39, 0.29) is 44.5 Å². The standard InChI is InChI=1S/C33H43IN2O7/c1-21-7-9-23(10-8-21)19-36(30(39)12-11-22-5-3-4-6-22)27-17-25(33(41)35-13-14-37)18-28(31(27)40)43-32-26(34)15-24(20-38)16-29(32)42-2/h7-10,15-16,18,22,27-28,31,37-38,40H,3-6,11-14,17,19-20H2,1-2H3,(H,35,41). The van der Waals surface area contributed by atoms with Gasteiger partial charge in [-0.05, 0) is 71.2 Å². The van der Waals surface area contributed by atoms with Gasteiger partial charge in [-0.15, -0.1) is 0 Å². The van der Waals surface area contributed by atoms with E-state index < -0.39 is 18.2 Å². The summed E-state index contributed by atoms with van der Waals surface area (Å²) >= 11 is 2.08. The lowest BCUT2D eigenvalue weighted by atomic mass is 9.87. The Balaban J connectivity index is 1.68. The molecule has 0 aromatic heterocycles. The highest BCUT2D eigenvalue weighted by Crippen LogP contribution is 2.38. The van der Waals surface area contributed by atoms with Crippen LogP contribution in [0, 0.1) is 16.4 Å². The second-order valence-electron chi connectivity index (χ2n) is 11.5. The van der Waals surface area contributed by atoms with Gasteiger partial charge in [0.15, 0.2) is 11.5 Å². The molecular formula is C33H43IN2O7. The molecule has 2 aliphatic rings. The number of benzene rings is 2. The molecule has 1 fully saturated rings. The van der Waals surface area contributed by atoms with Gasteiger partial charge in [0, 0.05) is 31.5 Å². The molecule has 9 nitrogen and oxygen atoms in total. The second-order valence-corrected chi connectivity index (χ2v) is 12.6. The maximum Gasteiger partial charge on any atom is 0.247 e. The van der Waals surface area contributed by atoms with E-state index in [0.717, 1.165) is 30.4 Å². The fourth-order valence-electron chi connectivity index (χ4n) is 5.95. The average molecular weight is 707 g/mol. The number of aryl methyl sites for hydroxylation is 1. The van der Waals surface area contributed by atoms with Crippen LogP contribution in [0.2, 0.25) is 0 Å². The van der Waals surface area contributed by atoms with Gasteiger partial charge in [-0.3, -0.25) is 9.59 Å². The van der Waals surface area contributed by atoms with Crippen molar-refractivity contribution in [2.24, 2.45) is 5.92 Å². The zero-order valence-electron chi connectivity index (χ0n) is 24.9. The fraction of sp³-hybridized carbons (Fsp3) is 0.515. The van der Waals surface area contributed by atoms with Crippen LogP contribution in [0.25, 0.3) is 0 Å². The Morgan fingerprint density at radius 2 is 1.81 bits per heavy atom.